The van der Waals surface area contributed by atoms with Crippen molar-refractivity contribution in [1.29, 1.82) is 0 Å². The number of para-hydroxylation sites is 1. The summed E-state index contributed by atoms with van der Waals surface area (Å²) in [4.78, 5) is 27.1. The van der Waals surface area contributed by atoms with Gasteiger partial charge < -0.3 is 10.6 Å². The van der Waals surface area contributed by atoms with E-state index in [4.69, 9.17) is 0 Å². The van der Waals surface area contributed by atoms with Crippen LogP contribution in [0.3, 0.4) is 0 Å². The normalized spacial score (nSPS) is 14.8. The van der Waals surface area contributed by atoms with E-state index >= 15 is 0 Å². The number of thioether (sulfide) groups is 1. The smallest absolute Gasteiger partial charge is 0.253 e. The lowest BCUT2D eigenvalue weighted by Gasteiger charge is -2.30. The zero-order valence-electron chi connectivity index (χ0n) is 20.0. The van der Waals surface area contributed by atoms with Gasteiger partial charge in [-0.05, 0) is 61.1 Å². The Labute approximate surface area is 216 Å². The Hall–Kier alpha value is -3.14. The Balaban J connectivity index is 1.35. The maximum Gasteiger partial charge on any atom is 0.253 e. The number of carbonyl (C=O) groups excluding carboxylic acids is 2. The van der Waals surface area contributed by atoms with Crippen molar-refractivity contribution in [3.8, 4) is 0 Å². The van der Waals surface area contributed by atoms with E-state index in [1.807, 2.05) is 36.6 Å². The number of benzene rings is 3. The zero-order chi connectivity index (χ0) is 25.5. The average Bonchev–Trinajstić information content (AvgIpc) is 2.92. The molecule has 36 heavy (non-hydrogen) atoms. The van der Waals surface area contributed by atoms with Gasteiger partial charge in [0.05, 0.1) is 16.1 Å². The third-order valence-electron chi connectivity index (χ3n) is 6.25. The summed E-state index contributed by atoms with van der Waals surface area (Å²) in [5.74, 6) is -0.821. The molecule has 2 N–H and O–H groups in total. The highest BCUT2D eigenvalue weighted by molar-refractivity contribution is 7.98. The number of nitrogens with zero attached hydrogens (tertiary/aromatic N) is 1. The Bertz CT molecular complexity index is 1300. The molecule has 0 saturated carbocycles. The molecular weight excluding hydrogens is 494 g/mol. The summed E-state index contributed by atoms with van der Waals surface area (Å²) in [5.41, 5.74) is 1.81. The third-order valence-corrected chi connectivity index (χ3v) is 8.90. The van der Waals surface area contributed by atoms with Crippen LogP contribution in [0.4, 0.5) is 5.69 Å². The first-order valence-corrected chi connectivity index (χ1v) is 14.4. The number of nitrogens with one attached hydrogen (secondary N) is 2. The van der Waals surface area contributed by atoms with Crippen LogP contribution in [0.1, 0.15) is 28.8 Å². The average molecular weight is 524 g/mol. The number of hydrogen-bond donors (Lipinski definition) is 2. The highest BCUT2D eigenvalue weighted by atomic mass is 32.2. The van der Waals surface area contributed by atoms with Gasteiger partial charge in [0.25, 0.3) is 5.91 Å². The summed E-state index contributed by atoms with van der Waals surface area (Å²) in [6.45, 7) is 0.919. The van der Waals surface area contributed by atoms with Crippen LogP contribution in [0, 0.1) is 5.92 Å². The predicted molar refractivity (Wildman–Crippen MR) is 142 cm³/mol. The third kappa shape index (κ3) is 6.16. The molecule has 0 spiro atoms. The second kappa shape index (κ2) is 11.7. The van der Waals surface area contributed by atoms with E-state index in [0.717, 1.165) is 10.5 Å². The van der Waals surface area contributed by atoms with Crippen molar-refractivity contribution in [2.45, 2.75) is 29.2 Å². The molecule has 3 aromatic carbocycles. The Morgan fingerprint density at radius 1 is 0.917 bits per heavy atom. The van der Waals surface area contributed by atoms with E-state index in [1.165, 1.54) is 4.31 Å². The van der Waals surface area contributed by atoms with Crippen LogP contribution in [0.25, 0.3) is 0 Å². The molecular formula is C27H29N3O4S2. The number of hydrogen-bond acceptors (Lipinski definition) is 5. The lowest BCUT2D eigenvalue weighted by Crippen LogP contribution is -2.41. The summed E-state index contributed by atoms with van der Waals surface area (Å²) >= 11 is 1.55. The van der Waals surface area contributed by atoms with Gasteiger partial charge in [-0.15, -0.1) is 11.8 Å². The van der Waals surface area contributed by atoms with Crippen LogP contribution in [0.15, 0.2) is 88.7 Å². The lowest BCUT2D eigenvalue weighted by molar-refractivity contribution is -0.120. The fourth-order valence-electron chi connectivity index (χ4n) is 4.15. The summed E-state index contributed by atoms with van der Waals surface area (Å²) < 4.78 is 27.5. The lowest BCUT2D eigenvalue weighted by atomic mass is 9.97. The van der Waals surface area contributed by atoms with Crippen LogP contribution in [0.5, 0.6) is 0 Å². The highest BCUT2D eigenvalue weighted by Gasteiger charge is 2.32. The van der Waals surface area contributed by atoms with Gasteiger partial charge in [0.2, 0.25) is 15.9 Å². The quantitative estimate of drug-likeness (QED) is 0.428. The van der Waals surface area contributed by atoms with Crippen molar-refractivity contribution in [3.05, 3.63) is 90.0 Å². The van der Waals surface area contributed by atoms with Gasteiger partial charge in [-0.3, -0.25) is 9.59 Å². The van der Waals surface area contributed by atoms with Gasteiger partial charge in [-0.2, -0.15) is 4.31 Å². The molecule has 2 amide bonds. The van der Waals surface area contributed by atoms with Gasteiger partial charge in [-0.1, -0.05) is 42.5 Å². The summed E-state index contributed by atoms with van der Waals surface area (Å²) in [6, 6.07) is 23.3. The number of sulfonamides is 1. The summed E-state index contributed by atoms with van der Waals surface area (Å²) in [7, 11) is -3.60. The second-order valence-corrected chi connectivity index (χ2v) is 11.4. The highest BCUT2D eigenvalue weighted by Crippen LogP contribution is 2.27. The van der Waals surface area contributed by atoms with Crippen molar-refractivity contribution in [3.63, 3.8) is 0 Å². The number of rotatable bonds is 8. The Morgan fingerprint density at radius 2 is 1.56 bits per heavy atom. The minimum atomic E-state index is -3.60. The first-order chi connectivity index (χ1) is 17.4. The molecule has 4 rings (SSSR count). The molecule has 0 aromatic heterocycles. The number of anilines is 1. The fraction of sp³-hybridized carbons (Fsp3) is 0.259. The maximum absolute atomic E-state index is 13.0. The molecule has 9 heteroatoms. The Morgan fingerprint density at radius 3 is 2.22 bits per heavy atom. The Kier molecular flexibility index (Phi) is 8.45. The van der Waals surface area contributed by atoms with E-state index in [9.17, 15) is 18.0 Å². The minimum absolute atomic E-state index is 0.209. The predicted octanol–water partition coefficient (Wildman–Crippen LogP) is 4.38. The maximum atomic E-state index is 13.0. The molecule has 0 bridgehead atoms. The van der Waals surface area contributed by atoms with E-state index in [0.29, 0.717) is 30.6 Å². The molecule has 1 saturated heterocycles. The largest absolute Gasteiger partial charge is 0.348 e. The van der Waals surface area contributed by atoms with Gasteiger partial charge >= 0.3 is 0 Å². The van der Waals surface area contributed by atoms with E-state index in [-0.39, 0.29) is 35.7 Å². The second-order valence-electron chi connectivity index (χ2n) is 8.56. The van der Waals surface area contributed by atoms with E-state index < -0.39 is 10.0 Å². The first kappa shape index (κ1) is 25.9. The van der Waals surface area contributed by atoms with Crippen LogP contribution >= 0.6 is 11.8 Å². The summed E-state index contributed by atoms with van der Waals surface area (Å²) in [6.07, 6.45) is 2.77. The van der Waals surface area contributed by atoms with Crippen molar-refractivity contribution in [1.82, 2.24) is 9.62 Å². The van der Waals surface area contributed by atoms with Crippen molar-refractivity contribution in [2.24, 2.45) is 5.92 Å². The molecule has 3 aromatic rings. The van der Waals surface area contributed by atoms with Crippen molar-refractivity contribution < 1.29 is 18.0 Å². The SMILES string of the molecule is CSc1ccc(S(=O)(=O)N2CCC(C(=O)Nc3ccccc3C(=O)NCc3ccccc3)CC2)cc1. The van der Waals surface area contributed by atoms with Gasteiger partial charge in [0.15, 0.2) is 0 Å². The van der Waals surface area contributed by atoms with E-state index in [2.05, 4.69) is 10.6 Å². The molecule has 1 aliphatic heterocycles. The van der Waals surface area contributed by atoms with Gasteiger partial charge in [0, 0.05) is 30.4 Å². The van der Waals surface area contributed by atoms with Crippen molar-refractivity contribution >= 4 is 39.3 Å². The monoisotopic (exact) mass is 523 g/mol. The molecule has 0 unspecified atom stereocenters. The molecule has 0 radical (unpaired) electrons. The van der Waals surface area contributed by atoms with Crippen LogP contribution < -0.4 is 10.6 Å². The molecule has 1 aliphatic rings. The standard InChI is InChI=1S/C27H29N3O4S2/c1-35-22-11-13-23(14-12-22)36(33,34)30-17-15-21(16-18-30)26(31)29-25-10-6-5-9-24(25)27(32)28-19-20-7-3-2-4-8-20/h2-14,21H,15-19H2,1H3,(H,28,32)(H,29,31). The molecule has 0 aliphatic carbocycles. The first-order valence-electron chi connectivity index (χ1n) is 11.7. The number of piperidine rings is 1. The molecule has 188 valence electrons. The fourth-order valence-corrected chi connectivity index (χ4v) is 6.03. The van der Waals surface area contributed by atoms with Crippen LogP contribution in [0.2, 0.25) is 0 Å². The van der Waals surface area contributed by atoms with Gasteiger partial charge in [0.1, 0.15) is 0 Å². The number of amides is 2. The molecule has 1 heterocycles. The topological polar surface area (TPSA) is 95.6 Å². The number of carbonyl (C=O) groups is 2. The van der Waals surface area contributed by atoms with E-state index in [1.54, 1.807) is 60.3 Å². The zero-order valence-corrected chi connectivity index (χ0v) is 21.6. The molecule has 1 fully saturated rings. The van der Waals surface area contributed by atoms with Crippen LogP contribution in [-0.2, 0) is 21.4 Å². The van der Waals surface area contributed by atoms with Crippen molar-refractivity contribution in [2.75, 3.05) is 24.7 Å². The van der Waals surface area contributed by atoms with Crippen LogP contribution in [-0.4, -0.2) is 43.9 Å². The molecule has 0 atom stereocenters. The summed E-state index contributed by atoms with van der Waals surface area (Å²) in [5, 5.41) is 5.78. The minimum Gasteiger partial charge on any atom is -0.348 e. The molecule has 7 nitrogen and oxygen atoms in total. The van der Waals surface area contributed by atoms with Gasteiger partial charge in [-0.25, -0.2) is 8.42 Å².